The molecule has 76 valence electrons. The lowest BCUT2D eigenvalue weighted by Crippen LogP contribution is -2.21. The van der Waals surface area contributed by atoms with Crippen molar-refractivity contribution >= 4 is 15.7 Å². The lowest BCUT2D eigenvalue weighted by molar-refractivity contribution is 0.602. The summed E-state index contributed by atoms with van der Waals surface area (Å²) in [7, 11) is -2.83. The Morgan fingerprint density at radius 2 is 2.36 bits per heavy atom. The summed E-state index contributed by atoms with van der Waals surface area (Å²) >= 11 is 0. The van der Waals surface area contributed by atoms with Gasteiger partial charge < -0.3 is 5.32 Å². The van der Waals surface area contributed by atoms with Crippen LogP contribution < -0.4 is 5.32 Å². The Bertz CT molecular complexity index is 404. The van der Waals surface area contributed by atoms with Crippen LogP contribution in [-0.2, 0) is 9.84 Å². The molecule has 5 nitrogen and oxygen atoms in total. The lowest BCUT2D eigenvalue weighted by atomic mass is 10.2. The van der Waals surface area contributed by atoms with E-state index >= 15 is 0 Å². The summed E-state index contributed by atoms with van der Waals surface area (Å²) in [5.74, 6) is 1.10. The molecule has 1 fully saturated rings. The Hall–Kier alpha value is -1.17. The third kappa shape index (κ3) is 2.20. The number of hydrogen-bond acceptors (Lipinski definition) is 5. The number of sulfone groups is 1. The highest BCUT2D eigenvalue weighted by Gasteiger charge is 2.27. The molecule has 1 aromatic heterocycles. The zero-order valence-electron chi connectivity index (χ0n) is 7.55. The number of nitrogens with zero attached hydrogens (tertiary/aromatic N) is 2. The van der Waals surface area contributed by atoms with Gasteiger partial charge in [0.1, 0.15) is 5.82 Å². The van der Waals surface area contributed by atoms with Gasteiger partial charge in [-0.25, -0.2) is 8.42 Å². The summed E-state index contributed by atoms with van der Waals surface area (Å²) in [6.07, 6.45) is 2.23. The van der Waals surface area contributed by atoms with Crippen LogP contribution in [0.5, 0.6) is 0 Å². The summed E-state index contributed by atoms with van der Waals surface area (Å²) < 4.78 is 22.3. The first-order valence-corrected chi connectivity index (χ1v) is 6.22. The predicted octanol–water partition coefficient (Wildman–Crippen LogP) is 0.0756. The lowest BCUT2D eigenvalue weighted by Gasteiger charge is -2.09. The quantitative estimate of drug-likeness (QED) is 0.753. The standard InChI is InChI=1S/C8H11N3O2S/c12-14(13)5-3-7(6-14)10-8-2-1-4-9-11-8/h1-2,4,7H,3,5-6H2,(H,10,11). The SMILES string of the molecule is O=S1(=O)CCC(Nc2cccnn2)C1. The summed E-state index contributed by atoms with van der Waals surface area (Å²) in [6.45, 7) is 0. The van der Waals surface area contributed by atoms with Crippen LogP contribution in [0.4, 0.5) is 5.82 Å². The van der Waals surface area contributed by atoms with Gasteiger partial charge in [0.2, 0.25) is 0 Å². The smallest absolute Gasteiger partial charge is 0.152 e. The van der Waals surface area contributed by atoms with Gasteiger partial charge in [-0.1, -0.05) is 0 Å². The van der Waals surface area contributed by atoms with E-state index < -0.39 is 9.84 Å². The minimum absolute atomic E-state index is 0.0169. The predicted molar refractivity (Wildman–Crippen MR) is 52.7 cm³/mol. The minimum atomic E-state index is -2.83. The zero-order valence-corrected chi connectivity index (χ0v) is 8.37. The summed E-state index contributed by atoms with van der Waals surface area (Å²) in [5, 5.41) is 10.6. The first-order chi connectivity index (χ1) is 6.66. The average Bonchev–Trinajstić information content (AvgIpc) is 2.47. The van der Waals surface area contributed by atoms with Gasteiger partial charge in [0, 0.05) is 12.2 Å². The molecule has 0 saturated carbocycles. The molecule has 0 aliphatic carbocycles. The molecule has 6 heteroatoms. The van der Waals surface area contributed by atoms with E-state index in [2.05, 4.69) is 15.5 Å². The molecule has 1 unspecified atom stereocenters. The number of anilines is 1. The average molecular weight is 213 g/mol. The maximum atomic E-state index is 11.2. The van der Waals surface area contributed by atoms with Crippen molar-refractivity contribution in [2.24, 2.45) is 0 Å². The van der Waals surface area contributed by atoms with Gasteiger partial charge >= 0.3 is 0 Å². The van der Waals surface area contributed by atoms with Crippen molar-refractivity contribution in [1.29, 1.82) is 0 Å². The van der Waals surface area contributed by atoms with Gasteiger partial charge in [0.05, 0.1) is 11.5 Å². The Morgan fingerprint density at radius 1 is 1.50 bits per heavy atom. The van der Waals surface area contributed by atoms with Crippen LogP contribution in [0.2, 0.25) is 0 Å². The second-order valence-electron chi connectivity index (χ2n) is 3.35. The second-order valence-corrected chi connectivity index (χ2v) is 5.58. The fourth-order valence-corrected chi connectivity index (χ4v) is 3.17. The molecule has 0 amide bonds. The van der Waals surface area contributed by atoms with E-state index in [1.807, 2.05) is 0 Å². The summed E-state index contributed by atoms with van der Waals surface area (Å²) in [6, 6.07) is 3.52. The van der Waals surface area contributed by atoms with Crippen molar-refractivity contribution in [2.45, 2.75) is 12.5 Å². The van der Waals surface area contributed by atoms with Gasteiger partial charge in [-0.05, 0) is 18.6 Å². The van der Waals surface area contributed by atoms with E-state index in [1.54, 1.807) is 18.3 Å². The Morgan fingerprint density at radius 3 is 2.93 bits per heavy atom. The van der Waals surface area contributed by atoms with Crippen LogP contribution in [0.25, 0.3) is 0 Å². The fourth-order valence-electron chi connectivity index (χ4n) is 1.50. The monoisotopic (exact) mass is 213 g/mol. The molecular weight excluding hydrogens is 202 g/mol. The molecule has 14 heavy (non-hydrogen) atoms. The van der Waals surface area contributed by atoms with Crippen LogP contribution in [0.3, 0.4) is 0 Å². The van der Waals surface area contributed by atoms with Crippen molar-refractivity contribution in [2.75, 3.05) is 16.8 Å². The number of nitrogens with one attached hydrogen (secondary N) is 1. The highest BCUT2D eigenvalue weighted by molar-refractivity contribution is 7.91. The topological polar surface area (TPSA) is 72.0 Å². The van der Waals surface area contributed by atoms with Gasteiger partial charge in [-0.2, -0.15) is 5.10 Å². The zero-order chi connectivity index (χ0) is 10.0. The molecule has 1 aromatic rings. The molecule has 1 N–H and O–H groups in total. The largest absolute Gasteiger partial charge is 0.365 e. The third-order valence-electron chi connectivity index (χ3n) is 2.16. The first-order valence-electron chi connectivity index (χ1n) is 4.40. The molecule has 2 rings (SSSR count). The van der Waals surface area contributed by atoms with Crippen molar-refractivity contribution in [1.82, 2.24) is 10.2 Å². The van der Waals surface area contributed by atoms with Gasteiger partial charge in [0.25, 0.3) is 0 Å². The maximum Gasteiger partial charge on any atom is 0.152 e. The van der Waals surface area contributed by atoms with Crippen LogP contribution >= 0.6 is 0 Å². The second kappa shape index (κ2) is 3.53. The first kappa shape index (κ1) is 9.39. The van der Waals surface area contributed by atoms with Crippen molar-refractivity contribution < 1.29 is 8.42 Å². The Labute approximate surface area is 82.5 Å². The van der Waals surface area contributed by atoms with E-state index in [9.17, 15) is 8.42 Å². The highest BCUT2D eigenvalue weighted by Crippen LogP contribution is 2.15. The van der Waals surface area contributed by atoms with Gasteiger partial charge in [0.15, 0.2) is 9.84 Å². The van der Waals surface area contributed by atoms with E-state index in [0.29, 0.717) is 12.2 Å². The van der Waals surface area contributed by atoms with Gasteiger partial charge in [-0.3, -0.25) is 0 Å². The van der Waals surface area contributed by atoms with Crippen LogP contribution in [0.15, 0.2) is 18.3 Å². The third-order valence-corrected chi connectivity index (χ3v) is 3.92. The van der Waals surface area contributed by atoms with E-state index in [4.69, 9.17) is 0 Å². The highest BCUT2D eigenvalue weighted by atomic mass is 32.2. The molecule has 1 aliphatic heterocycles. The molecule has 2 heterocycles. The van der Waals surface area contributed by atoms with Crippen LogP contribution in [0.1, 0.15) is 6.42 Å². The molecule has 0 radical (unpaired) electrons. The van der Waals surface area contributed by atoms with Gasteiger partial charge in [-0.15, -0.1) is 5.10 Å². The van der Waals surface area contributed by atoms with Crippen molar-refractivity contribution in [3.8, 4) is 0 Å². The number of hydrogen-bond donors (Lipinski definition) is 1. The molecule has 1 saturated heterocycles. The van der Waals surface area contributed by atoms with Crippen LogP contribution in [0, 0.1) is 0 Å². The number of aromatic nitrogens is 2. The van der Waals surface area contributed by atoms with E-state index in [0.717, 1.165) is 0 Å². The van der Waals surface area contributed by atoms with E-state index in [1.165, 1.54) is 0 Å². The minimum Gasteiger partial charge on any atom is -0.365 e. The molecule has 0 aromatic carbocycles. The normalized spacial score (nSPS) is 24.7. The summed E-state index contributed by atoms with van der Waals surface area (Å²) in [4.78, 5) is 0. The Balaban J connectivity index is 2.01. The van der Waals surface area contributed by atoms with Crippen molar-refractivity contribution in [3.63, 3.8) is 0 Å². The van der Waals surface area contributed by atoms with E-state index in [-0.39, 0.29) is 17.5 Å². The molecule has 1 atom stereocenters. The maximum absolute atomic E-state index is 11.2. The Kier molecular flexibility index (Phi) is 2.37. The molecule has 0 spiro atoms. The summed E-state index contributed by atoms with van der Waals surface area (Å²) in [5.41, 5.74) is 0. The number of rotatable bonds is 2. The fraction of sp³-hybridized carbons (Fsp3) is 0.500. The molecule has 1 aliphatic rings. The van der Waals surface area contributed by atoms with Crippen molar-refractivity contribution in [3.05, 3.63) is 18.3 Å². The van der Waals surface area contributed by atoms with Crippen LogP contribution in [-0.4, -0.2) is 36.2 Å². The molecule has 0 bridgehead atoms. The molecular formula is C8H11N3O2S.